The molecule has 0 fully saturated rings. The summed E-state index contributed by atoms with van der Waals surface area (Å²) in [6.45, 7) is 0. The summed E-state index contributed by atoms with van der Waals surface area (Å²) in [6.07, 6.45) is 0. The lowest BCUT2D eigenvalue weighted by molar-refractivity contribution is 1.40. The molecule has 2 rings (SSSR count). The minimum Gasteiger partial charge on any atom is -0.122 e. The fourth-order valence-electron chi connectivity index (χ4n) is 1.56. The first kappa shape index (κ1) is 13.0. The second-order valence-corrected chi connectivity index (χ2v) is 5.09. The number of hydrogen-bond acceptors (Lipinski definition) is 0. The number of benzene rings is 2. The van der Waals surface area contributed by atoms with Crippen molar-refractivity contribution in [3.05, 3.63) is 57.0 Å². The maximum Gasteiger partial charge on any atom is 0.0488 e. The third-order valence-corrected chi connectivity index (χ3v) is 3.59. The van der Waals surface area contributed by atoms with Gasteiger partial charge in [0.1, 0.15) is 0 Å². The first-order valence-electron chi connectivity index (χ1n) is 4.91. The molecule has 0 unspecified atom stereocenters. The molecule has 88 valence electrons. The zero-order chi connectivity index (χ0) is 12.4. The lowest BCUT2D eigenvalue weighted by Gasteiger charge is -2.08. The van der Waals surface area contributed by atoms with Crippen LogP contribution in [0.25, 0.3) is 11.1 Å². The van der Waals surface area contributed by atoms with Gasteiger partial charge in [0, 0.05) is 32.1 Å². The molecule has 0 bridgehead atoms. The Labute approximate surface area is 120 Å². The van der Waals surface area contributed by atoms with E-state index in [-0.39, 0.29) is 0 Å². The highest BCUT2D eigenvalue weighted by atomic mass is 35.5. The van der Waals surface area contributed by atoms with Gasteiger partial charge in [-0.1, -0.05) is 46.9 Å². The molecule has 2 aromatic carbocycles. The molecule has 0 spiro atoms. The van der Waals surface area contributed by atoms with Gasteiger partial charge in [-0.3, -0.25) is 0 Å². The number of alkyl halides is 1. The van der Waals surface area contributed by atoms with E-state index in [0.717, 1.165) is 16.7 Å². The van der Waals surface area contributed by atoms with Crippen LogP contribution in [0.1, 0.15) is 5.56 Å². The summed E-state index contributed by atoms with van der Waals surface area (Å²) in [5, 5.41) is 1.86. The van der Waals surface area contributed by atoms with Gasteiger partial charge in [0.15, 0.2) is 0 Å². The quantitative estimate of drug-likeness (QED) is 0.592. The van der Waals surface area contributed by atoms with E-state index in [1.165, 1.54) is 0 Å². The molecule has 0 amide bonds. The van der Waals surface area contributed by atoms with E-state index in [1.807, 2.05) is 18.2 Å². The lowest BCUT2D eigenvalue weighted by atomic mass is 10.0. The van der Waals surface area contributed by atoms with Crippen LogP contribution >= 0.6 is 46.4 Å². The predicted octanol–water partition coefficient (Wildman–Crippen LogP) is 6.05. The van der Waals surface area contributed by atoms with Crippen LogP contribution in [-0.4, -0.2) is 0 Å². The Morgan fingerprint density at radius 1 is 0.765 bits per heavy atom. The molecule has 0 saturated carbocycles. The zero-order valence-electron chi connectivity index (χ0n) is 8.68. The predicted molar refractivity (Wildman–Crippen MR) is 76.5 cm³/mol. The molecule has 4 heteroatoms. The van der Waals surface area contributed by atoms with E-state index in [9.17, 15) is 0 Å². The van der Waals surface area contributed by atoms with Crippen LogP contribution in [0.2, 0.25) is 15.1 Å². The maximum atomic E-state index is 6.21. The van der Waals surface area contributed by atoms with Crippen LogP contribution in [-0.2, 0) is 5.88 Å². The van der Waals surface area contributed by atoms with Crippen molar-refractivity contribution in [2.75, 3.05) is 0 Å². The van der Waals surface area contributed by atoms with Gasteiger partial charge in [-0.2, -0.15) is 0 Å². The first-order chi connectivity index (χ1) is 8.11. The van der Waals surface area contributed by atoms with E-state index >= 15 is 0 Å². The molecular formula is C13H8Cl4. The van der Waals surface area contributed by atoms with Gasteiger partial charge >= 0.3 is 0 Å². The molecule has 0 aliphatic heterocycles. The Morgan fingerprint density at radius 2 is 1.53 bits per heavy atom. The minimum absolute atomic E-state index is 0.434. The van der Waals surface area contributed by atoms with Crippen LogP contribution in [0.15, 0.2) is 36.4 Å². The molecule has 0 radical (unpaired) electrons. The van der Waals surface area contributed by atoms with Gasteiger partial charge in [0.25, 0.3) is 0 Å². The fraction of sp³-hybridized carbons (Fsp3) is 0.0769. The lowest BCUT2D eigenvalue weighted by Crippen LogP contribution is -1.84. The molecule has 17 heavy (non-hydrogen) atoms. The number of halogens is 4. The Hall–Kier alpha value is -0.400. The SMILES string of the molecule is ClCc1ccc(-c2cc(Cl)ccc2Cl)c(Cl)c1. The second-order valence-electron chi connectivity index (χ2n) is 3.57. The van der Waals surface area contributed by atoms with E-state index in [2.05, 4.69) is 0 Å². The van der Waals surface area contributed by atoms with Crippen molar-refractivity contribution in [3.8, 4) is 11.1 Å². The average molecular weight is 306 g/mol. The van der Waals surface area contributed by atoms with Crippen molar-refractivity contribution in [1.29, 1.82) is 0 Å². The van der Waals surface area contributed by atoms with Gasteiger partial charge < -0.3 is 0 Å². The second kappa shape index (κ2) is 5.49. The summed E-state index contributed by atoms with van der Waals surface area (Å²) in [6, 6.07) is 11.0. The largest absolute Gasteiger partial charge is 0.122 e. The monoisotopic (exact) mass is 304 g/mol. The van der Waals surface area contributed by atoms with E-state index < -0.39 is 0 Å². The highest BCUT2D eigenvalue weighted by molar-refractivity contribution is 6.37. The van der Waals surface area contributed by atoms with Crippen LogP contribution in [0.5, 0.6) is 0 Å². The smallest absolute Gasteiger partial charge is 0.0488 e. The Kier molecular flexibility index (Phi) is 4.22. The van der Waals surface area contributed by atoms with Crippen molar-refractivity contribution < 1.29 is 0 Å². The fourth-order valence-corrected chi connectivity index (χ4v) is 2.43. The minimum atomic E-state index is 0.434. The molecule has 0 aliphatic carbocycles. The van der Waals surface area contributed by atoms with Crippen LogP contribution in [0.3, 0.4) is 0 Å². The summed E-state index contributed by atoms with van der Waals surface area (Å²) in [4.78, 5) is 0. The van der Waals surface area contributed by atoms with Crippen molar-refractivity contribution in [1.82, 2.24) is 0 Å². The number of rotatable bonds is 2. The van der Waals surface area contributed by atoms with E-state index in [4.69, 9.17) is 46.4 Å². The van der Waals surface area contributed by atoms with Crippen molar-refractivity contribution in [2.24, 2.45) is 0 Å². The highest BCUT2D eigenvalue weighted by Gasteiger charge is 2.09. The number of hydrogen-bond donors (Lipinski definition) is 0. The van der Waals surface area contributed by atoms with Crippen LogP contribution in [0.4, 0.5) is 0 Å². The third-order valence-electron chi connectivity index (χ3n) is 2.41. The van der Waals surface area contributed by atoms with Crippen molar-refractivity contribution in [2.45, 2.75) is 5.88 Å². The van der Waals surface area contributed by atoms with Gasteiger partial charge in [0.2, 0.25) is 0 Å². The molecule has 0 aliphatic rings. The summed E-state index contributed by atoms with van der Waals surface area (Å²) in [5.74, 6) is 0.434. The molecule has 0 aromatic heterocycles. The Balaban J connectivity index is 2.56. The highest BCUT2D eigenvalue weighted by Crippen LogP contribution is 2.35. The van der Waals surface area contributed by atoms with Gasteiger partial charge in [0.05, 0.1) is 0 Å². The van der Waals surface area contributed by atoms with Gasteiger partial charge in [-0.05, 0) is 29.8 Å². The zero-order valence-corrected chi connectivity index (χ0v) is 11.7. The maximum absolute atomic E-state index is 6.21. The van der Waals surface area contributed by atoms with E-state index in [0.29, 0.717) is 20.9 Å². The molecule has 0 nitrogen and oxygen atoms in total. The molecule has 0 heterocycles. The first-order valence-corrected chi connectivity index (χ1v) is 6.58. The standard InChI is InChI=1S/C13H8Cl4/c14-7-8-1-3-10(13(17)5-8)11-6-9(15)2-4-12(11)16/h1-6H,7H2. The molecule has 2 aromatic rings. The molecular weight excluding hydrogens is 298 g/mol. The van der Waals surface area contributed by atoms with Crippen LogP contribution < -0.4 is 0 Å². The summed E-state index contributed by atoms with van der Waals surface area (Å²) >= 11 is 24.0. The average Bonchev–Trinajstić information content (AvgIpc) is 2.32. The molecule has 0 N–H and O–H groups in total. The Bertz CT molecular complexity index is 549. The molecule has 0 atom stereocenters. The van der Waals surface area contributed by atoms with E-state index in [1.54, 1.807) is 18.2 Å². The van der Waals surface area contributed by atoms with Gasteiger partial charge in [-0.25, -0.2) is 0 Å². The Morgan fingerprint density at radius 3 is 2.18 bits per heavy atom. The van der Waals surface area contributed by atoms with Crippen LogP contribution in [0, 0.1) is 0 Å². The topological polar surface area (TPSA) is 0 Å². The summed E-state index contributed by atoms with van der Waals surface area (Å²) in [5.41, 5.74) is 2.65. The van der Waals surface area contributed by atoms with Gasteiger partial charge in [-0.15, -0.1) is 11.6 Å². The van der Waals surface area contributed by atoms with Crippen molar-refractivity contribution >= 4 is 46.4 Å². The van der Waals surface area contributed by atoms with Crippen molar-refractivity contribution in [3.63, 3.8) is 0 Å². The summed E-state index contributed by atoms with van der Waals surface area (Å²) in [7, 11) is 0. The third kappa shape index (κ3) is 2.89. The summed E-state index contributed by atoms with van der Waals surface area (Å²) < 4.78 is 0. The molecule has 0 saturated heterocycles. The normalized spacial score (nSPS) is 10.6.